The van der Waals surface area contributed by atoms with Gasteiger partial charge in [0, 0.05) is 14.1 Å². The highest BCUT2D eigenvalue weighted by Gasteiger charge is 2.26. The molecule has 0 saturated heterocycles. The van der Waals surface area contributed by atoms with E-state index in [0.29, 0.717) is 26.1 Å². The van der Waals surface area contributed by atoms with Gasteiger partial charge in [-0.25, -0.2) is 4.79 Å². The summed E-state index contributed by atoms with van der Waals surface area (Å²) in [6.07, 6.45) is 0.990. The summed E-state index contributed by atoms with van der Waals surface area (Å²) in [6, 6.07) is 8.32. The Labute approximate surface area is 181 Å². The smallest absolute Gasteiger partial charge is 0.341 e. The van der Waals surface area contributed by atoms with Gasteiger partial charge in [-0.05, 0) is 49.2 Å². The van der Waals surface area contributed by atoms with E-state index in [-0.39, 0.29) is 11.9 Å². The molecule has 0 aliphatic rings. The molecule has 0 radical (unpaired) electrons. The number of thiocarbonyl (C=S) groups is 1. The number of methoxy groups -OCH3 is 1. The summed E-state index contributed by atoms with van der Waals surface area (Å²) in [7, 11) is 4.66. The molecule has 0 saturated carbocycles. The van der Waals surface area contributed by atoms with Crippen molar-refractivity contribution < 1.29 is 14.3 Å². The molecule has 0 aliphatic heterocycles. The van der Waals surface area contributed by atoms with Gasteiger partial charge in [-0.15, -0.1) is 11.3 Å². The highest BCUT2D eigenvalue weighted by molar-refractivity contribution is 7.80. The van der Waals surface area contributed by atoms with Crippen LogP contribution in [0.15, 0.2) is 24.3 Å². The SMILES string of the molecule is CCc1ccc(C(C)NC(=S)Nc2sc(C(=O)N(C)C)c(C)c2C(=O)OC)cc1. The summed E-state index contributed by atoms with van der Waals surface area (Å²) < 4.78 is 4.90. The lowest BCUT2D eigenvalue weighted by Gasteiger charge is -2.17. The molecule has 2 N–H and O–H groups in total. The summed E-state index contributed by atoms with van der Waals surface area (Å²) >= 11 is 6.64. The number of nitrogens with zero attached hydrogens (tertiary/aromatic N) is 1. The quantitative estimate of drug-likeness (QED) is 0.527. The van der Waals surface area contributed by atoms with Crippen LogP contribution in [0.2, 0.25) is 0 Å². The average Bonchev–Trinajstić information content (AvgIpc) is 3.02. The third kappa shape index (κ3) is 5.33. The van der Waals surface area contributed by atoms with Crippen LogP contribution < -0.4 is 10.6 Å². The molecule has 1 amide bonds. The fourth-order valence-corrected chi connectivity index (χ4v) is 4.38. The first-order chi connectivity index (χ1) is 13.7. The first kappa shape index (κ1) is 22.8. The zero-order chi connectivity index (χ0) is 21.7. The average molecular weight is 434 g/mol. The second-order valence-corrected chi connectivity index (χ2v) is 8.30. The van der Waals surface area contributed by atoms with E-state index in [1.807, 2.05) is 6.92 Å². The van der Waals surface area contributed by atoms with E-state index in [0.717, 1.165) is 12.0 Å². The molecule has 6 nitrogen and oxygen atoms in total. The van der Waals surface area contributed by atoms with Crippen molar-refractivity contribution >= 4 is 45.5 Å². The summed E-state index contributed by atoms with van der Waals surface area (Å²) in [6.45, 7) is 5.86. The molecule has 0 spiro atoms. The van der Waals surface area contributed by atoms with E-state index in [2.05, 4.69) is 41.8 Å². The van der Waals surface area contributed by atoms with Crippen molar-refractivity contribution in [3.63, 3.8) is 0 Å². The van der Waals surface area contributed by atoms with E-state index >= 15 is 0 Å². The van der Waals surface area contributed by atoms with Crippen LogP contribution in [0.25, 0.3) is 0 Å². The van der Waals surface area contributed by atoms with Crippen molar-refractivity contribution in [1.82, 2.24) is 10.2 Å². The van der Waals surface area contributed by atoms with Crippen LogP contribution in [0.4, 0.5) is 5.00 Å². The fourth-order valence-electron chi connectivity index (χ4n) is 2.82. The Morgan fingerprint density at radius 1 is 1.24 bits per heavy atom. The molecule has 1 aromatic carbocycles. The van der Waals surface area contributed by atoms with Gasteiger partial charge < -0.3 is 20.3 Å². The molecule has 0 fully saturated rings. The summed E-state index contributed by atoms with van der Waals surface area (Å²) in [4.78, 5) is 26.7. The normalized spacial score (nSPS) is 11.5. The number of aryl methyl sites for hydroxylation is 1. The minimum absolute atomic E-state index is 0.0218. The monoisotopic (exact) mass is 433 g/mol. The van der Waals surface area contributed by atoms with Gasteiger partial charge in [-0.2, -0.15) is 0 Å². The van der Waals surface area contributed by atoms with Gasteiger partial charge in [0.2, 0.25) is 0 Å². The lowest BCUT2D eigenvalue weighted by atomic mass is 10.1. The number of nitrogens with one attached hydrogen (secondary N) is 2. The number of carbonyl (C=O) groups is 2. The zero-order valence-corrected chi connectivity index (χ0v) is 19.2. The van der Waals surface area contributed by atoms with Crippen LogP contribution in [-0.4, -0.2) is 43.1 Å². The van der Waals surface area contributed by atoms with Crippen molar-refractivity contribution in [3.8, 4) is 0 Å². The van der Waals surface area contributed by atoms with Gasteiger partial charge in [0.25, 0.3) is 5.91 Å². The van der Waals surface area contributed by atoms with E-state index in [1.165, 1.54) is 28.9 Å². The number of hydrogen-bond donors (Lipinski definition) is 2. The summed E-state index contributed by atoms with van der Waals surface area (Å²) in [5, 5.41) is 7.16. The van der Waals surface area contributed by atoms with Crippen molar-refractivity contribution in [3.05, 3.63) is 51.4 Å². The molecular formula is C21H27N3O3S2. The molecule has 29 heavy (non-hydrogen) atoms. The first-order valence-electron chi connectivity index (χ1n) is 9.29. The molecule has 0 bridgehead atoms. The van der Waals surface area contributed by atoms with Gasteiger partial charge >= 0.3 is 5.97 Å². The number of esters is 1. The van der Waals surface area contributed by atoms with Crippen LogP contribution in [0.5, 0.6) is 0 Å². The van der Waals surface area contributed by atoms with Gasteiger partial charge in [-0.3, -0.25) is 4.79 Å². The third-order valence-corrected chi connectivity index (χ3v) is 6.01. The van der Waals surface area contributed by atoms with Crippen LogP contribution in [0.3, 0.4) is 0 Å². The largest absolute Gasteiger partial charge is 0.465 e. The Hall–Kier alpha value is -2.45. The van der Waals surface area contributed by atoms with Crippen LogP contribution >= 0.6 is 23.6 Å². The standard InChI is InChI=1S/C21H27N3O3S2/c1-7-14-8-10-15(11-9-14)13(3)22-21(28)23-18-16(20(26)27-6)12(2)17(29-18)19(25)24(4)5/h8-11,13H,7H2,1-6H3,(H2,22,23,28). The number of amides is 1. The van der Waals surface area contributed by atoms with Crippen molar-refractivity contribution in [2.75, 3.05) is 26.5 Å². The Bertz CT molecular complexity index is 905. The number of benzene rings is 1. The Balaban J connectivity index is 2.22. The maximum atomic E-state index is 12.5. The zero-order valence-electron chi connectivity index (χ0n) is 17.6. The Morgan fingerprint density at radius 2 is 1.86 bits per heavy atom. The van der Waals surface area contributed by atoms with E-state index in [1.54, 1.807) is 21.0 Å². The molecule has 156 valence electrons. The first-order valence-corrected chi connectivity index (χ1v) is 10.5. The number of anilines is 1. The fraction of sp³-hybridized carbons (Fsp3) is 0.381. The molecule has 1 heterocycles. The summed E-state index contributed by atoms with van der Waals surface area (Å²) in [5.74, 6) is -0.681. The molecule has 1 unspecified atom stereocenters. The molecule has 0 aliphatic carbocycles. The maximum Gasteiger partial charge on any atom is 0.341 e. The third-order valence-electron chi connectivity index (χ3n) is 4.60. The molecular weight excluding hydrogens is 406 g/mol. The van der Waals surface area contributed by atoms with Gasteiger partial charge in [0.15, 0.2) is 5.11 Å². The second kappa shape index (κ2) is 9.84. The Kier molecular flexibility index (Phi) is 7.75. The molecule has 2 aromatic rings. The van der Waals surface area contributed by atoms with Crippen molar-refractivity contribution in [2.24, 2.45) is 0 Å². The number of thiophene rings is 1. The van der Waals surface area contributed by atoms with Gasteiger partial charge in [0.1, 0.15) is 5.00 Å². The lowest BCUT2D eigenvalue weighted by Crippen LogP contribution is -2.31. The summed E-state index contributed by atoms with van der Waals surface area (Å²) in [5.41, 5.74) is 3.28. The number of ether oxygens (including phenoxy) is 1. The molecule has 8 heteroatoms. The van der Waals surface area contributed by atoms with Crippen molar-refractivity contribution in [1.29, 1.82) is 0 Å². The number of carbonyl (C=O) groups excluding carboxylic acids is 2. The second-order valence-electron chi connectivity index (χ2n) is 6.87. The Morgan fingerprint density at radius 3 is 2.38 bits per heavy atom. The van der Waals surface area contributed by atoms with Gasteiger partial charge in [0.05, 0.1) is 23.6 Å². The van der Waals surface area contributed by atoms with Crippen LogP contribution in [0.1, 0.15) is 56.6 Å². The highest BCUT2D eigenvalue weighted by Crippen LogP contribution is 2.34. The van der Waals surface area contributed by atoms with E-state index < -0.39 is 5.97 Å². The van der Waals surface area contributed by atoms with Crippen LogP contribution in [-0.2, 0) is 11.2 Å². The highest BCUT2D eigenvalue weighted by atomic mass is 32.1. The number of hydrogen-bond acceptors (Lipinski definition) is 5. The van der Waals surface area contributed by atoms with Crippen molar-refractivity contribution in [2.45, 2.75) is 33.2 Å². The lowest BCUT2D eigenvalue weighted by molar-refractivity contribution is 0.0601. The van der Waals surface area contributed by atoms with E-state index in [4.69, 9.17) is 17.0 Å². The molecule has 2 rings (SSSR count). The van der Waals surface area contributed by atoms with Crippen LogP contribution in [0, 0.1) is 6.92 Å². The van der Waals surface area contributed by atoms with Gasteiger partial charge in [-0.1, -0.05) is 31.2 Å². The minimum atomic E-state index is -0.509. The molecule has 1 atom stereocenters. The maximum absolute atomic E-state index is 12.5. The predicted molar refractivity (Wildman–Crippen MR) is 122 cm³/mol. The number of rotatable bonds is 6. The minimum Gasteiger partial charge on any atom is -0.465 e. The predicted octanol–water partition coefficient (Wildman–Crippen LogP) is 4.15. The van der Waals surface area contributed by atoms with E-state index in [9.17, 15) is 9.59 Å². The topological polar surface area (TPSA) is 70.7 Å². The molecule has 1 aromatic heterocycles.